The minimum atomic E-state index is -4.85. The highest BCUT2D eigenvalue weighted by Crippen LogP contribution is 2.28. The minimum absolute atomic E-state index is 0.00168. The van der Waals surface area contributed by atoms with Crippen molar-refractivity contribution in [1.29, 1.82) is 0 Å². The van der Waals surface area contributed by atoms with Crippen molar-refractivity contribution < 1.29 is 17.9 Å². The van der Waals surface area contributed by atoms with Crippen LogP contribution >= 0.6 is 11.6 Å². The second kappa shape index (κ2) is 7.20. The molecule has 0 spiro atoms. The molecule has 2 heterocycles. The van der Waals surface area contributed by atoms with E-state index in [0.717, 1.165) is 11.8 Å². The Morgan fingerprint density at radius 3 is 2.57 bits per heavy atom. The Bertz CT molecular complexity index is 1150. The highest BCUT2D eigenvalue weighted by molar-refractivity contribution is 6.33. The van der Waals surface area contributed by atoms with E-state index < -0.39 is 23.1 Å². The molecule has 0 atom stereocenters. The van der Waals surface area contributed by atoms with Crippen molar-refractivity contribution in [1.82, 2.24) is 29.3 Å². The Balaban J connectivity index is 2.17. The van der Waals surface area contributed by atoms with Gasteiger partial charge in [0.05, 0.1) is 10.7 Å². The molecular formula is C15H12ClF3N6O3. The average molecular weight is 417 g/mol. The van der Waals surface area contributed by atoms with Crippen LogP contribution in [-0.2, 0) is 24.7 Å². The molecule has 0 unspecified atom stereocenters. The number of ether oxygens (including phenoxy) is 1. The maximum absolute atomic E-state index is 13.0. The number of rotatable bonds is 4. The zero-order valence-corrected chi connectivity index (χ0v) is 15.2. The molecule has 1 aromatic carbocycles. The van der Waals surface area contributed by atoms with Crippen molar-refractivity contribution in [2.24, 2.45) is 7.05 Å². The molecule has 0 N–H and O–H groups in total. The summed E-state index contributed by atoms with van der Waals surface area (Å²) in [6, 6.07) is 4.35. The first-order chi connectivity index (χ1) is 13.1. The van der Waals surface area contributed by atoms with Crippen LogP contribution in [0.2, 0.25) is 5.02 Å². The molecule has 13 heteroatoms. The maximum atomic E-state index is 13.0. The monoisotopic (exact) mass is 416 g/mol. The molecule has 0 aliphatic rings. The molecule has 0 fully saturated rings. The smallest absolute Gasteiger partial charge is 0.361 e. The Labute approximate surface area is 159 Å². The van der Waals surface area contributed by atoms with E-state index in [4.69, 9.17) is 16.3 Å². The largest absolute Gasteiger partial charge is 0.431 e. The number of hydrogen-bond acceptors (Lipinski definition) is 6. The summed E-state index contributed by atoms with van der Waals surface area (Å²) in [5.74, 6) is 0.0840. The molecule has 148 valence electrons. The van der Waals surface area contributed by atoms with Gasteiger partial charge in [-0.25, -0.2) is 9.36 Å². The summed E-state index contributed by atoms with van der Waals surface area (Å²) in [5, 5.41) is 11.8. The van der Waals surface area contributed by atoms with Crippen molar-refractivity contribution in [2.45, 2.75) is 12.9 Å². The summed E-state index contributed by atoms with van der Waals surface area (Å²) in [6.45, 7) is 0.0310. The summed E-state index contributed by atoms with van der Waals surface area (Å²) in [4.78, 5) is 25.8. The van der Waals surface area contributed by atoms with Crippen molar-refractivity contribution >= 4 is 11.6 Å². The van der Waals surface area contributed by atoms with Crippen LogP contribution in [0, 0.1) is 0 Å². The zero-order valence-electron chi connectivity index (χ0n) is 14.4. The second-order valence-corrected chi connectivity index (χ2v) is 6.02. The molecule has 9 nitrogen and oxygen atoms in total. The SMILES string of the molecule is COCn1nnc(-c2cc(-n3c(=O)cc(C(F)(F)F)n(C)c3=O)ccc2Cl)n1. The molecule has 0 bridgehead atoms. The lowest BCUT2D eigenvalue weighted by molar-refractivity contribution is -0.144. The summed E-state index contributed by atoms with van der Waals surface area (Å²) in [7, 11) is 2.36. The van der Waals surface area contributed by atoms with Crippen molar-refractivity contribution in [2.75, 3.05) is 7.11 Å². The quantitative estimate of drug-likeness (QED) is 0.639. The summed E-state index contributed by atoms with van der Waals surface area (Å²) >= 11 is 6.13. The summed E-state index contributed by atoms with van der Waals surface area (Å²) in [5.41, 5.74) is -3.42. The van der Waals surface area contributed by atoms with Crippen LogP contribution in [0.15, 0.2) is 33.9 Å². The van der Waals surface area contributed by atoms with E-state index in [9.17, 15) is 22.8 Å². The van der Waals surface area contributed by atoms with Gasteiger partial charge in [-0.2, -0.15) is 13.2 Å². The van der Waals surface area contributed by atoms with Gasteiger partial charge in [-0.05, 0) is 23.4 Å². The molecule has 0 saturated carbocycles. The summed E-state index contributed by atoms with van der Waals surface area (Å²) in [6.07, 6.45) is -4.85. The van der Waals surface area contributed by atoms with Crippen molar-refractivity contribution in [3.63, 3.8) is 0 Å². The number of benzene rings is 1. The summed E-state index contributed by atoms with van der Waals surface area (Å²) < 4.78 is 44.8. The van der Waals surface area contributed by atoms with Crippen LogP contribution in [0.4, 0.5) is 13.2 Å². The lowest BCUT2D eigenvalue weighted by Gasteiger charge is -2.14. The Morgan fingerprint density at radius 2 is 1.93 bits per heavy atom. The first-order valence-corrected chi connectivity index (χ1v) is 7.98. The van der Waals surface area contributed by atoms with E-state index in [1.807, 2.05) is 0 Å². The van der Waals surface area contributed by atoms with Crippen molar-refractivity contribution in [3.8, 4) is 17.1 Å². The van der Waals surface area contributed by atoms with E-state index in [1.165, 1.54) is 25.3 Å². The third-order valence-electron chi connectivity index (χ3n) is 3.76. The standard InChI is InChI=1S/C15H12ClF3N6O3/c1-23-11(15(17,18)19)6-12(26)25(14(23)27)8-3-4-10(16)9(5-8)13-20-22-24(21-13)7-28-2/h3-6H,7H2,1-2H3. The van der Waals surface area contributed by atoms with Gasteiger partial charge in [-0.3, -0.25) is 9.36 Å². The topological polar surface area (TPSA) is 96.8 Å². The van der Waals surface area contributed by atoms with Gasteiger partial charge in [0, 0.05) is 25.8 Å². The first kappa shape index (κ1) is 19.8. The third kappa shape index (κ3) is 3.55. The van der Waals surface area contributed by atoms with Gasteiger partial charge in [0.1, 0.15) is 5.69 Å². The predicted octanol–water partition coefficient (Wildman–Crippen LogP) is 1.47. The van der Waals surface area contributed by atoms with Crippen LogP contribution < -0.4 is 11.2 Å². The normalized spacial score (nSPS) is 11.8. The van der Waals surface area contributed by atoms with Crippen LogP contribution in [0.5, 0.6) is 0 Å². The van der Waals surface area contributed by atoms with Gasteiger partial charge in [0.2, 0.25) is 5.82 Å². The van der Waals surface area contributed by atoms with Crippen LogP contribution in [-0.4, -0.2) is 36.5 Å². The van der Waals surface area contributed by atoms with E-state index in [0.29, 0.717) is 15.2 Å². The zero-order chi connectivity index (χ0) is 20.6. The molecule has 0 saturated heterocycles. The molecule has 0 aliphatic heterocycles. The number of aromatic nitrogens is 6. The number of alkyl halides is 3. The Morgan fingerprint density at radius 1 is 1.21 bits per heavy atom. The van der Waals surface area contributed by atoms with E-state index >= 15 is 0 Å². The fraction of sp³-hybridized carbons (Fsp3) is 0.267. The first-order valence-electron chi connectivity index (χ1n) is 7.61. The molecular weight excluding hydrogens is 405 g/mol. The molecule has 0 amide bonds. The number of methoxy groups -OCH3 is 1. The van der Waals surface area contributed by atoms with Crippen LogP contribution in [0.1, 0.15) is 5.69 Å². The molecule has 2 aromatic heterocycles. The molecule has 0 aliphatic carbocycles. The Hall–Kier alpha value is -2.99. The van der Waals surface area contributed by atoms with Gasteiger partial charge in [0.25, 0.3) is 5.56 Å². The third-order valence-corrected chi connectivity index (χ3v) is 4.09. The number of tetrazole rings is 1. The molecule has 3 rings (SSSR count). The number of nitrogens with zero attached hydrogens (tertiary/aromatic N) is 6. The minimum Gasteiger partial charge on any atom is -0.361 e. The predicted molar refractivity (Wildman–Crippen MR) is 91.1 cm³/mol. The van der Waals surface area contributed by atoms with Crippen LogP contribution in [0.25, 0.3) is 17.1 Å². The van der Waals surface area contributed by atoms with Crippen molar-refractivity contribution in [3.05, 3.63) is 55.8 Å². The van der Waals surface area contributed by atoms with Gasteiger partial charge in [0.15, 0.2) is 6.73 Å². The van der Waals surface area contributed by atoms with Crippen LogP contribution in [0.3, 0.4) is 0 Å². The van der Waals surface area contributed by atoms with Gasteiger partial charge >= 0.3 is 11.9 Å². The van der Waals surface area contributed by atoms with E-state index in [2.05, 4.69) is 15.4 Å². The Kier molecular flexibility index (Phi) is 5.08. The number of halogens is 4. The molecule has 0 radical (unpaired) electrons. The lowest BCUT2D eigenvalue weighted by Crippen LogP contribution is -2.40. The van der Waals surface area contributed by atoms with E-state index in [1.54, 1.807) is 0 Å². The van der Waals surface area contributed by atoms with Gasteiger partial charge in [-0.1, -0.05) is 11.6 Å². The fourth-order valence-electron chi connectivity index (χ4n) is 2.48. The maximum Gasteiger partial charge on any atom is 0.431 e. The molecule has 28 heavy (non-hydrogen) atoms. The molecule has 3 aromatic rings. The van der Waals surface area contributed by atoms with Gasteiger partial charge in [-0.15, -0.1) is 15.0 Å². The lowest BCUT2D eigenvalue weighted by atomic mass is 10.2. The fourth-order valence-corrected chi connectivity index (χ4v) is 2.68. The highest BCUT2D eigenvalue weighted by Gasteiger charge is 2.35. The number of hydrogen-bond donors (Lipinski definition) is 0. The highest BCUT2D eigenvalue weighted by atomic mass is 35.5. The van der Waals surface area contributed by atoms with Gasteiger partial charge < -0.3 is 4.74 Å². The second-order valence-electron chi connectivity index (χ2n) is 5.61. The average Bonchev–Trinajstić information content (AvgIpc) is 3.07. The van der Waals surface area contributed by atoms with E-state index in [-0.39, 0.29) is 28.8 Å².